The van der Waals surface area contributed by atoms with Crippen molar-refractivity contribution in [3.05, 3.63) is 87.8 Å². The number of rotatable bonds is 9. The van der Waals surface area contributed by atoms with E-state index in [1.807, 2.05) is 13.0 Å². The van der Waals surface area contributed by atoms with Crippen molar-refractivity contribution >= 4 is 22.9 Å². The smallest absolute Gasteiger partial charge is 0.383 e. The van der Waals surface area contributed by atoms with Gasteiger partial charge in [0, 0.05) is 13.0 Å². The summed E-state index contributed by atoms with van der Waals surface area (Å²) in [6.07, 6.45) is 5.79. The number of allylic oxidation sites excluding steroid dienone is 3. The predicted octanol–water partition coefficient (Wildman–Crippen LogP) is 6.01. The van der Waals surface area contributed by atoms with Crippen LogP contribution in [-0.4, -0.2) is 18.5 Å². The van der Waals surface area contributed by atoms with Crippen LogP contribution in [0.4, 0.5) is 0 Å². The fourth-order valence-corrected chi connectivity index (χ4v) is 3.27. The maximum absolute atomic E-state index is 12.8. The Bertz CT molecular complexity index is 1330. The van der Waals surface area contributed by atoms with Crippen molar-refractivity contribution in [3.8, 4) is 17.2 Å². The van der Waals surface area contributed by atoms with Gasteiger partial charge in [-0.1, -0.05) is 35.4 Å². The first-order chi connectivity index (χ1) is 16.7. The monoisotopic (exact) mass is 476 g/mol. The summed E-state index contributed by atoms with van der Waals surface area (Å²) in [6.45, 7) is 7.44. The molecule has 0 bridgehead atoms. The summed E-state index contributed by atoms with van der Waals surface area (Å²) in [5.41, 5.74) is 1.94. The fraction of sp³-hybridized carbons (Fsp3) is 0.250. The second-order valence-electron chi connectivity index (χ2n) is 8.24. The van der Waals surface area contributed by atoms with Crippen LogP contribution in [0, 0.1) is 0 Å². The Hall–Kier alpha value is -4.13. The summed E-state index contributed by atoms with van der Waals surface area (Å²) in [7, 11) is 0. The van der Waals surface area contributed by atoms with Crippen LogP contribution >= 0.6 is 0 Å². The van der Waals surface area contributed by atoms with Gasteiger partial charge in [0.25, 0.3) is 0 Å². The molecule has 0 spiro atoms. The quantitative estimate of drug-likeness (QED) is 0.162. The Morgan fingerprint density at radius 2 is 1.66 bits per heavy atom. The molecule has 0 radical (unpaired) electrons. The van der Waals surface area contributed by atoms with Gasteiger partial charge >= 0.3 is 17.6 Å². The van der Waals surface area contributed by atoms with E-state index in [0.29, 0.717) is 10.9 Å². The van der Waals surface area contributed by atoms with Gasteiger partial charge in [0.05, 0.1) is 10.9 Å². The highest BCUT2D eigenvalue weighted by Crippen LogP contribution is 2.35. The predicted molar refractivity (Wildman–Crippen MR) is 133 cm³/mol. The van der Waals surface area contributed by atoms with Crippen LogP contribution in [0.15, 0.2) is 81.0 Å². The minimum atomic E-state index is -0.816. The lowest BCUT2D eigenvalue weighted by Crippen LogP contribution is -2.14. The highest BCUT2D eigenvalue weighted by molar-refractivity contribution is 5.95. The van der Waals surface area contributed by atoms with Crippen LogP contribution in [0.25, 0.3) is 11.0 Å². The van der Waals surface area contributed by atoms with Crippen molar-refractivity contribution < 1.29 is 28.2 Å². The van der Waals surface area contributed by atoms with E-state index in [1.54, 1.807) is 30.3 Å². The van der Waals surface area contributed by atoms with E-state index in [-0.39, 0.29) is 29.4 Å². The molecular formula is C28H28O7. The van der Waals surface area contributed by atoms with Gasteiger partial charge in [0.2, 0.25) is 5.75 Å². The summed E-state index contributed by atoms with van der Waals surface area (Å²) in [6, 6.07) is 12.8. The lowest BCUT2D eigenvalue weighted by molar-refractivity contribution is -0.131. The minimum Gasteiger partial charge on any atom is -0.480 e. The van der Waals surface area contributed by atoms with Crippen LogP contribution in [0.5, 0.6) is 17.2 Å². The number of ether oxygens (including phenoxy) is 3. The van der Waals surface area contributed by atoms with E-state index < -0.39 is 17.6 Å². The van der Waals surface area contributed by atoms with E-state index in [0.717, 1.165) is 18.4 Å². The third-order valence-corrected chi connectivity index (χ3v) is 5.01. The van der Waals surface area contributed by atoms with Crippen LogP contribution in [0.3, 0.4) is 0 Å². The van der Waals surface area contributed by atoms with Crippen molar-refractivity contribution in [3.63, 3.8) is 0 Å². The molecule has 0 N–H and O–H groups in total. The number of hydrogen-bond donors (Lipinski definition) is 0. The SMILES string of the molecule is CC(=O)Oc1ccc2c(OC(=O)c3ccccc3)c(OC/C=C(\C)CCC=C(C)C)c(=O)oc2c1. The van der Waals surface area contributed by atoms with Crippen molar-refractivity contribution in [2.24, 2.45) is 0 Å². The molecule has 7 heteroatoms. The Balaban J connectivity index is 1.95. The molecule has 1 heterocycles. The zero-order chi connectivity index (χ0) is 25.4. The molecule has 3 aromatic rings. The first-order valence-corrected chi connectivity index (χ1v) is 11.2. The summed E-state index contributed by atoms with van der Waals surface area (Å²) in [4.78, 5) is 36.9. The number of carbonyl (C=O) groups excluding carboxylic acids is 2. The van der Waals surface area contributed by atoms with Gasteiger partial charge in [0.15, 0.2) is 5.75 Å². The van der Waals surface area contributed by atoms with Gasteiger partial charge in [0.1, 0.15) is 17.9 Å². The van der Waals surface area contributed by atoms with Crippen molar-refractivity contribution in [1.82, 2.24) is 0 Å². The number of benzene rings is 2. The third kappa shape index (κ3) is 7.17. The standard InChI is InChI=1S/C28H28O7/c1-18(2)9-8-10-19(3)15-16-32-26-25(35-27(30)21-11-6-5-7-12-21)23-14-13-22(33-20(4)29)17-24(23)34-28(26)31/h5-7,9,11-15,17H,8,10,16H2,1-4H3/b19-15+. The molecule has 3 rings (SSSR count). The molecule has 0 saturated heterocycles. The summed E-state index contributed by atoms with van der Waals surface area (Å²) >= 11 is 0. The van der Waals surface area contributed by atoms with Crippen molar-refractivity contribution in [2.45, 2.75) is 40.5 Å². The van der Waals surface area contributed by atoms with Crippen LogP contribution < -0.4 is 19.8 Å². The summed E-state index contributed by atoms with van der Waals surface area (Å²) in [5, 5.41) is 0.323. The molecule has 35 heavy (non-hydrogen) atoms. The minimum absolute atomic E-state index is 0.0601. The van der Waals surface area contributed by atoms with E-state index >= 15 is 0 Å². The Morgan fingerprint density at radius 3 is 2.34 bits per heavy atom. The highest BCUT2D eigenvalue weighted by Gasteiger charge is 2.22. The lowest BCUT2D eigenvalue weighted by atomic mass is 10.1. The summed E-state index contributed by atoms with van der Waals surface area (Å²) in [5.74, 6) is -1.25. The van der Waals surface area contributed by atoms with E-state index in [2.05, 4.69) is 19.9 Å². The zero-order valence-corrected chi connectivity index (χ0v) is 20.3. The fourth-order valence-electron chi connectivity index (χ4n) is 3.27. The molecule has 0 amide bonds. The number of fused-ring (bicyclic) bond motifs is 1. The van der Waals surface area contributed by atoms with Gasteiger partial charge in [-0.05, 0) is 64.0 Å². The highest BCUT2D eigenvalue weighted by atomic mass is 16.6. The maximum Gasteiger partial charge on any atom is 0.383 e. The van der Waals surface area contributed by atoms with E-state index in [9.17, 15) is 14.4 Å². The molecule has 0 aliphatic rings. The zero-order valence-electron chi connectivity index (χ0n) is 20.3. The molecule has 182 valence electrons. The lowest BCUT2D eigenvalue weighted by Gasteiger charge is -2.13. The summed E-state index contributed by atoms with van der Waals surface area (Å²) < 4.78 is 21.8. The average molecular weight is 477 g/mol. The normalized spacial score (nSPS) is 11.1. The molecule has 0 aliphatic carbocycles. The first-order valence-electron chi connectivity index (χ1n) is 11.2. The Labute approximate surface area is 203 Å². The molecule has 0 aliphatic heterocycles. The van der Waals surface area contributed by atoms with E-state index in [4.69, 9.17) is 18.6 Å². The Morgan fingerprint density at radius 1 is 0.914 bits per heavy atom. The molecule has 0 fully saturated rings. The molecule has 7 nitrogen and oxygen atoms in total. The molecular weight excluding hydrogens is 448 g/mol. The molecule has 0 unspecified atom stereocenters. The largest absolute Gasteiger partial charge is 0.480 e. The van der Waals surface area contributed by atoms with Crippen molar-refractivity contribution in [2.75, 3.05) is 6.61 Å². The van der Waals surface area contributed by atoms with Crippen LogP contribution in [0.1, 0.15) is 50.9 Å². The second-order valence-corrected chi connectivity index (χ2v) is 8.24. The number of esters is 2. The first kappa shape index (κ1) is 25.5. The van der Waals surface area contributed by atoms with Crippen molar-refractivity contribution in [1.29, 1.82) is 0 Å². The number of carbonyl (C=O) groups is 2. The van der Waals surface area contributed by atoms with Crippen LogP contribution in [0.2, 0.25) is 0 Å². The van der Waals surface area contributed by atoms with Crippen LogP contribution in [-0.2, 0) is 4.79 Å². The third-order valence-electron chi connectivity index (χ3n) is 5.01. The molecule has 0 atom stereocenters. The van der Waals surface area contributed by atoms with Gasteiger partial charge in [-0.15, -0.1) is 0 Å². The van der Waals surface area contributed by atoms with Gasteiger partial charge in [-0.2, -0.15) is 0 Å². The maximum atomic E-state index is 12.8. The second kappa shape index (κ2) is 11.8. The van der Waals surface area contributed by atoms with Gasteiger partial charge < -0.3 is 18.6 Å². The molecule has 2 aromatic carbocycles. The molecule has 0 saturated carbocycles. The van der Waals surface area contributed by atoms with Gasteiger partial charge in [-0.25, -0.2) is 9.59 Å². The van der Waals surface area contributed by atoms with Gasteiger partial charge in [-0.3, -0.25) is 4.79 Å². The van der Waals surface area contributed by atoms with E-state index in [1.165, 1.54) is 30.7 Å². The average Bonchev–Trinajstić information content (AvgIpc) is 2.80. The topological polar surface area (TPSA) is 92.0 Å². The molecule has 1 aromatic heterocycles. The Kier molecular flexibility index (Phi) is 8.62. The number of hydrogen-bond acceptors (Lipinski definition) is 7.